The van der Waals surface area contributed by atoms with Crippen LogP contribution in [-0.4, -0.2) is 37.9 Å². The third-order valence-corrected chi connectivity index (χ3v) is 3.38. The zero-order valence-corrected chi connectivity index (χ0v) is 18.7. The molecule has 15 heteroatoms. The molecule has 0 saturated carbocycles. The van der Waals surface area contributed by atoms with E-state index in [1.165, 1.54) is 24.3 Å². The molecule has 0 aliphatic heterocycles. The van der Waals surface area contributed by atoms with Crippen molar-refractivity contribution in [1.29, 1.82) is 0 Å². The Balaban J connectivity index is 0.000000523. The van der Waals surface area contributed by atoms with E-state index in [2.05, 4.69) is 8.37 Å². The Bertz CT molecular complexity index is 992. The van der Waals surface area contributed by atoms with Gasteiger partial charge in [0.15, 0.2) is 11.5 Å². The van der Waals surface area contributed by atoms with Crippen molar-refractivity contribution in [1.82, 2.24) is 0 Å². The van der Waals surface area contributed by atoms with E-state index in [9.17, 15) is 36.6 Å². The maximum absolute atomic E-state index is 10.4. The molecule has 152 valence electrons. The molecular formula is C14H10O12S2Zn. The largest absolute Gasteiger partial charge is 2.00 e. The molecule has 0 unspecified atom stereocenters. The molecule has 0 bridgehead atoms. The number of para-hydroxylation sites is 2. The van der Waals surface area contributed by atoms with Crippen LogP contribution < -0.4 is 18.6 Å². The van der Waals surface area contributed by atoms with Crippen LogP contribution in [0.1, 0.15) is 20.7 Å². The molecule has 2 N–H and O–H groups in total. The zero-order chi connectivity index (χ0) is 21.5. The Morgan fingerprint density at radius 1 is 0.690 bits per heavy atom. The van der Waals surface area contributed by atoms with Crippen molar-refractivity contribution in [2.24, 2.45) is 0 Å². The molecule has 2 aromatic carbocycles. The monoisotopic (exact) mass is 498 g/mol. The van der Waals surface area contributed by atoms with Crippen molar-refractivity contribution in [3.05, 3.63) is 59.7 Å². The summed E-state index contributed by atoms with van der Waals surface area (Å²) in [5.74, 6) is -4.17. The Hall–Kier alpha value is -2.58. The third kappa shape index (κ3) is 9.96. The predicted octanol–water partition coefficient (Wildman–Crippen LogP) is -1.54. The standard InChI is InChI=1S/2C7H6O6S.Zn/c2*8-7(9)5-3-1-2-4-6(5)13-14(10,11)12;/h2*1-4H,(H,8,9)(H,10,11,12);/q;;+2/p-2. The molecule has 2 rings (SSSR count). The summed E-state index contributed by atoms with van der Waals surface area (Å²) >= 11 is 0. The quantitative estimate of drug-likeness (QED) is 0.342. The molecule has 0 heterocycles. The Morgan fingerprint density at radius 3 is 1.21 bits per heavy atom. The van der Waals surface area contributed by atoms with Crippen LogP contribution in [0, 0.1) is 0 Å². The van der Waals surface area contributed by atoms with Gasteiger partial charge in [0.2, 0.25) is 0 Å². The average Bonchev–Trinajstić information content (AvgIpc) is 2.53. The van der Waals surface area contributed by atoms with Crippen molar-refractivity contribution in [3.63, 3.8) is 0 Å². The van der Waals surface area contributed by atoms with E-state index in [-0.39, 0.29) is 19.5 Å². The normalized spacial score (nSPS) is 10.6. The number of carbonyl (C=O) groups excluding carboxylic acids is 2. The molecule has 0 aromatic heterocycles. The summed E-state index contributed by atoms with van der Waals surface area (Å²) in [4.78, 5) is 20.9. The first-order chi connectivity index (χ1) is 12.8. The second-order valence-corrected chi connectivity index (χ2v) is 6.63. The number of carboxylic acids is 2. The predicted molar refractivity (Wildman–Crippen MR) is 85.9 cm³/mol. The van der Waals surface area contributed by atoms with Crippen molar-refractivity contribution >= 4 is 32.7 Å². The van der Waals surface area contributed by atoms with Crippen LogP contribution in [0.25, 0.3) is 0 Å². The van der Waals surface area contributed by atoms with Gasteiger partial charge in [0.05, 0.1) is 11.9 Å². The topological polar surface area (TPSA) is 207 Å². The van der Waals surface area contributed by atoms with Crippen LogP contribution >= 0.6 is 0 Å². The smallest absolute Gasteiger partial charge is 0.545 e. The summed E-state index contributed by atoms with van der Waals surface area (Å²) in [7, 11) is -9.45. The molecule has 0 spiro atoms. The van der Waals surface area contributed by atoms with Gasteiger partial charge in [0.25, 0.3) is 0 Å². The fourth-order valence-electron chi connectivity index (χ4n) is 1.64. The van der Waals surface area contributed by atoms with Gasteiger partial charge in [0, 0.05) is 11.1 Å². The van der Waals surface area contributed by atoms with Crippen LogP contribution in [0.4, 0.5) is 0 Å². The Morgan fingerprint density at radius 2 is 0.966 bits per heavy atom. The second-order valence-electron chi connectivity index (χ2n) is 4.59. The van der Waals surface area contributed by atoms with E-state index in [1.807, 2.05) is 0 Å². The van der Waals surface area contributed by atoms with E-state index in [4.69, 9.17) is 9.11 Å². The number of aromatic carboxylic acids is 2. The summed E-state index contributed by atoms with van der Waals surface area (Å²) in [6.45, 7) is 0. The number of carbonyl (C=O) groups is 2. The Kier molecular flexibility index (Phi) is 9.87. The van der Waals surface area contributed by atoms with Crippen LogP contribution in [0.2, 0.25) is 0 Å². The summed E-state index contributed by atoms with van der Waals surface area (Å²) in [6.07, 6.45) is 0. The van der Waals surface area contributed by atoms with Crippen molar-refractivity contribution in [2.45, 2.75) is 0 Å². The molecule has 0 radical (unpaired) electrons. The van der Waals surface area contributed by atoms with Gasteiger partial charge in [-0.05, 0) is 24.3 Å². The molecular weight excluding hydrogens is 490 g/mol. The van der Waals surface area contributed by atoms with Crippen LogP contribution in [0.5, 0.6) is 11.5 Å². The zero-order valence-electron chi connectivity index (χ0n) is 14.1. The van der Waals surface area contributed by atoms with Gasteiger partial charge in [0.1, 0.15) is 0 Å². The number of carboxylic acid groups (broad SMARTS) is 2. The molecule has 2 aromatic rings. The Labute approximate surface area is 177 Å². The van der Waals surface area contributed by atoms with E-state index >= 15 is 0 Å². The van der Waals surface area contributed by atoms with Gasteiger partial charge in [-0.3, -0.25) is 9.11 Å². The fraction of sp³-hybridized carbons (Fsp3) is 0. The van der Waals surface area contributed by atoms with Crippen molar-refractivity contribution in [2.75, 3.05) is 0 Å². The first kappa shape index (κ1) is 26.4. The van der Waals surface area contributed by atoms with Gasteiger partial charge in [-0.15, -0.1) is 0 Å². The van der Waals surface area contributed by atoms with Crippen LogP contribution in [0.3, 0.4) is 0 Å². The maximum Gasteiger partial charge on any atom is 2.00 e. The van der Waals surface area contributed by atoms with Gasteiger partial charge in [-0.25, -0.2) is 0 Å². The van der Waals surface area contributed by atoms with Crippen molar-refractivity contribution in [3.8, 4) is 11.5 Å². The van der Waals surface area contributed by atoms with Gasteiger partial charge >= 0.3 is 40.3 Å². The minimum Gasteiger partial charge on any atom is -0.545 e. The minimum absolute atomic E-state index is 0. The molecule has 0 atom stereocenters. The molecule has 0 fully saturated rings. The van der Waals surface area contributed by atoms with Crippen LogP contribution in [-0.2, 0) is 40.3 Å². The molecule has 0 amide bonds. The average molecular weight is 500 g/mol. The summed E-state index contributed by atoms with van der Waals surface area (Å²) in [6, 6.07) is 9.79. The number of benzene rings is 2. The van der Waals surface area contributed by atoms with Crippen LogP contribution in [0.15, 0.2) is 48.5 Å². The second kappa shape index (κ2) is 10.8. The SMILES string of the molecule is O=C([O-])c1ccccc1OS(=O)(=O)O.O=C([O-])c1ccccc1OS(=O)(=O)O.[Zn+2]. The van der Waals surface area contributed by atoms with Gasteiger partial charge in [-0.1, -0.05) is 24.3 Å². The molecule has 0 aliphatic carbocycles. The number of hydrogen-bond donors (Lipinski definition) is 2. The van der Waals surface area contributed by atoms with Gasteiger partial charge in [-0.2, -0.15) is 16.8 Å². The van der Waals surface area contributed by atoms with E-state index < -0.39 is 55.4 Å². The molecule has 29 heavy (non-hydrogen) atoms. The molecule has 0 aliphatic rings. The molecule has 0 saturated heterocycles. The van der Waals surface area contributed by atoms with Gasteiger partial charge < -0.3 is 28.2 Å². The number of rotatable bonds is 6. The van der Waals surface area contributed by atoms with Crippen molar-refractivity contribution < 1.29 is 73.6 Å². The summed E-state index contributed by atoms with van der Waals surface area (Å²) < 4.78 is 65.8. The van der Waals surface area contributed by atoms with E-state index in [1.54, 1.807) is 0 Å². The fourth-order valence-corrected chi connectivity index (χ4v) is 2.39. The maximum atomic E-state index is 10.4. The first-order valence-electron chi connectivity index (χ1n) is 6.74. The number of hydrogen-bond acceptors (Lipinski definition) is 10. The summed E-state index contributed by atoms with van der Waals surface area (Å²) in [5, 5.41) is 20.9. The molecule has 12 nitrogen and oxygen atoms in total. The van der Waals surface area contributed by atoms with E-state index in [0.717, 1.165) is 24.3 Å². The summed E-state index contributed by atoms with van der Waals surface area (Å²) in [5.41, 5.74) is -0.907. The third-order valence-electron chi connectivity index (χ3n) is 2.60. The first-order valence-corrected chi connectivity index (χ1v) is 9.47. The van der Waals surface area contributed by atoms with E-state index in [0.29, 0.717) is 0 Å². The minimum atomic E-state index is -4.72.